The number of amides is 1. The topological polar surface area (TPSA) is 80.2 Å². The predicted octanol–water partition coefficient (Wildman–Crippen LogP) is 0.556. The summed E-state index contributed by atoms with van der Waals surface area (Å²) in [5.41, 5.74) is 2.63. The monoisotopic (exact) mass is 341 g/mol. The van der Waals surface area contributed by atoms with Crippen molar-refractivity contribution in [1.82, 2.24) is 20.9 Å². The van der Waals surface area contributed by atoms with Crippen molar-refractivity contribution in [2.24, 2.45) is 0 Å². The number of nitrogens with zero attached hydrogens (tertiary/aromatic N) is 2. The molecular weight excluding hydrogens is 314 g/mol. The smallest absolute Gasteiger partial charge is 0.263 e. The molecule has 134 valence electrons. The van der Waals surface area contributed by atoms with Crippen molar-refractivity contribution < 1.29 is 4.79 Å². The van der Waals surface area contributed by atoms with Crippen molar-refractivity contribution in [2.75, 3.05) is 45.8 Å². The summed E-state index contributed by atoms with van der Waals surface area (Å²) in [6.07, 6.45) is 2.37. The summed E-state index contributed by atoms with van der Waals surface area (Å²) in [6.45, 7) is 8.11. The maximum atomic E-state index is 12.1. The first-order chi connectivity index (χ1) is 12.2. The Morgan fingerprint density at radius 2 is 2.08 bits per heavy atom. The average Bonchev–Trinajstić information content (AvgIpc) is 2.64. The third kappa shape index (κ3) is 6.57. The molecular formula is C19H27N5O. The second-order valence-electron chi connectivity index (χ2n) is 6.15. The fourth-order valence-corrected chi connectivity index (χ4v) is 2.78. The maximum Gasteiger partial charge on any atom is 0.263 e. The molecule has 0 spiro atoms. The molecule has 1 amide bonds. The van der Waals surface area contributed by atoms with Crippen LogP contribution in [0.3, 0.4) is 0 Å². The van der Waals surface area contributed by atoms with Crippen molar-refractivity contribution in [1.29, 1.82) is 5.26 Å². The van der Waals surface area contributed by atoms with Crippen LogP contribution < -0.4 is 16.0 Å². The zero-order chi connectivity index (χ0) is 17.9. The van der Waals surface area contributed by atoms with E-state index in [0.29, 0.717) is 13.1 Å². The summed E-state index contributed by atoms with van der Waals surface area (Å²) < 4.78 is 0. The molecule has 1 fully saturated rings. The van der Waals surface area contributed by atoms with Crippen LogP contribution in [0.15, 0.2) is 36.0 Å². The third-order valence-corrected chi connectivity index (χ3v) is 4.33. The number of carbonyl (C=O) groups excluding carboxylic acids is 1. The molecule has 1 aliphatic heterocycles. The van der Waals surface area contributed by atoms with Gasteiger partial charge in [-0.1, -0.05) is 24.3 Å². The van der Waals surface area contributed by atoms with Crippen LogP contribution in [-0.4, -0.2) is 56.6 Å². The summed E-state index contributed by atoms with van der Waals surface area (Å²) >= 11 is 0. The van der Waals surface area contributed by atoms with Gasteiger partial charge in [-0.2, -0.15) is 5.26 Å². The van der Waals surface area contributed by atoms with Gasteiger partial charge in [0.2, 0.25) is 0 Å². The highest BCUT2D eigenvalue weighted by atomic mass is 16.1. The predicted molar refractivity (Wildman–Crippen MR) is 98.9 cm³/mol. The third-order valence-electron chi connectivity index (χ3n) is 4.33. The Kier molecular flexibility index (Phi) is 7.96. The highest BCUT2D eigenvalue weighted by Gasteiger charge is 2.11. The van der Waals surface area contributed by atoms with Gasteiger partial charge in [-0.25, -0.2) is 0 Å². The van der Waals surface area contributed by atoms with Crippen molar-refractivity contribution in [3.63, 3.8) is 0 Å². The molecule has 1 saturated heterocycles. The molecule has 2 rings (SSSR count). The summed E-state index contributed by atoms with van der Waals surface area (Å²) in [6, 6.07) is 10.2. The van der Waals surface area contributed by atoms with E-state index < -0.39 is 0 Å². The van der Waals surface area contributed by atoms with Crippen molar-refractivity contribution in [2.45, 2.75) is 13.3 Å². The molecule has 0 atom stereocenters. The summed E-state index contributed by atoms with van der Waals surface area (Å²) in [5.74, 6) is -0.318. The van der Waals surface area contributed by atoms with E-state index in [2.05, 4.69) is 39.9 Å². The number of benzene rings is 1. The Morgan fingerprint density at radius 1 is 1.32 bits per heavy atom. The van der Waals surface area contributed by atoms with Gasteiger partial charge in [-0.3, -0.25) is 9.69 Å². The second-order valence-corrected chi connectivity index (χ2v) is 6.15. The first kappa shape index (κ1) is 19.0. The Balaban J connectivity index is 1.70. The van der Waals surface area contributed by atoms with E-state index in [1.54, 1.807) is 0 Å². The minimum absolute atomic E-state index is 0.116. The van der Waals surface area contributed by atoms with Crippen molar-refractivity contribution >= 4 is 5.91 Å². The first-order valence-electron chi connectivity index (χ1n) is 8.80. The molecule has 0 saturated carbocycles. The molecule has 0 radical (unpaired) electrons. The van der Waals surface area contributed by atoms with E-state index >= 15 is 0 Å². The van der Waals surface area contributed by atoms with E-state index in [-0.39, 0.29) is 11.5 Å². The van der Waals surface area contributed by atoms with E-state index in [1.807, 2.05) is 18.2 Å². The molecule has 1 aromatic carbocycles. The van der Waals surface area contributed by atoms with E-state index in [9.17, 15) is 4.79 Å². The molecule has 3 N–H and O–H groups in total. The standard InChI is InChI=1S/C19H27N5O/c1-16-4-2-3-5-17(16)6-7-22-15-18(14-20)19(25)23-10-13-24-11-8-21-9-12-24/h2-5,15,21-22H,6-13H2,1H3,(H,23,25)/b18-15-. The molecule has 25 heavy (non-hydrogen) atoms. The van der Waals surface area contributed by atoms with E-state index in [4.69, 9.17) is 5.26 Å². The van der Waals surface area contributed by atoms with Crippen molar-refractivity contribution in [3.8, 4) is 6.07 Å². The lowest BCUT2D eigenvalue weighted by Gasteiger charge is -2.27. The fraction of sp³-hybridized carbons (Fsp3) is 0.474. The normalized spacial score (nSPS) is 15.4. The number of hydrogen-bond donors (Lipinski definition) is 3. The Bertz CT molecular complexity index is 629. The van der Waals surface area contributed by atoms with Crippen LogP contribution in [0.2, 0.25) is 0 Å². The number of hydrogen-bond acceptors (Lipinski definition) is 5. The number of nitrogens with one attached hydrogen (secondary N) is 3. The minimum atomic E-state index is -0.318. The lowest BCUT2D eigenvalue weighted by Crippen LogP contribution is -2.46. The molecule has 0 aliphatic carbocycles. The minimum Gasteiger partial charge on any atom is -0.389 e. The van der Waals surface area contributed by atoms with Gasteiger partial charge >= 0.3 is 0 Å². The van der Waals surface area contributed by atoms with Gasteiger partial charge in [0.05, 0.1) is 0 Å². The van der Waals surface area contributed by atoms with Gasteiger partial charge in [0.15, 0.2) is 0 Å². The quantitative estimate of drug-likeness (QED) is 0.366. The Labute approximate surface area is 149 Å². The van der Waals surface area contributed by atoms with Crippen LogP contribution in [0.5, 0.6) is 0 Å². The van der Waals surface area contributed by atoms with E-state index in [0.717, 1.165) is 39.1 Å². The van der Waals surface area contributed by atoms with Crippen LogP contribution in [0.25, 0.3) is 0 Å². The SMILES string of the molecule is Cc1ccccc1CCN/C=C(/C#N)C(=O)NCCN1CCNCC1. The molecule has 1 heterocycles. The zero-order valence-electron chi connectivity index (χ0n) is 14.8. The van der Waals surface area contributed by atoms with Gasteiger partial charge < -0.3 is 16.0 Å². The maximum absolute atomic E-state index is 12.1. The van der Waals surface area contributed by atoms with Crippen LogP contribution in [-0.2, 0) is 11.2 Å². The number of piperazine rings is 1. The van der Waals surface area contributed by atoms with Gasteiger partial charge in [-0.15, -0.1) is 0 Å². The molecule has 1 aliphatic rings. The lowest BCUT2D eigenvalue weighted by molar-refractivity contribution is -0.117. The number of aryl methyl sites for hydroxylation is 1. The van der Waals surface area contributed by atoms with Gasteiger partial charge in [0, 0.05) is 52.0 Å². The highest BCUT2D eigenvalue weighted by Crippen LogP contribution is 2.06. The molecule has 6 heteroatoms. The summed E-state index contributed by atoms with van der Waals surface area (Å²) in [7, 11) is 0. The number of nitriles is 1. The average molecular weight is 341 g/mol. The molecule has 0 aromatic heterocycles. The molecule has 0 unspecified atom stereocenters. The molecule has 6 nitrogen and oxygen atoms in total. The Morgan fingerprint density at radius 3 is 2.80 bits per heavy atom. The van der Waals surface area contributed by atoms with Gasteiger partial charge in [-0.05, 0) is 24.5 Å². The molecule has 1 aromatic rings. The number of carbonyl (C=O) groups is 1. The molecule has 0 bridgehead atoms. The lowest BCUT2D eigenvalue weighted by atomic mass is 10.1. The summed E-state index contributed by atoms with van der Waals surface area (Å²) in [5, 5.41) is 18.3. The number of rotatable bonds is 8. The Hall–Kier alpha value is -2.36. The van der Waals surface area contributed by atoms with Crippen molar-refractivity contribution in [3.05, 3.63) is 47.2 Å². The highest BCUT2D eigenvalue weighted by molar-refractivity contribution is 5.97. The first-order valence-corrected chi connectivity index (χ1v) is 8.80. The van der Waals surface area contributed by atoms with Gasteiger partial charge in [0.25, 0.3) is 5.91 Å². The zero-order valence-corrected chi connectivity index (χ0v) is 14.8. The van der Waals surface area contributed by atoms with Crippen LogP contribution in [0.4, 0.5) is 0 Å². The van der Waals surface area contributed by atoms with Crippen LogP contribution in [0, 0.1) is 18.3 Å². The summed E-state index contributed by atoms with van der Waals surface area (Å²) in [4.78, 5) is 14.4. The van der Waals surface area contributed by atoms with Gasteiger partial charge in [0.1, 0.15) is 11.6 Å². The van der Waals surface area contributed by atoms with Crippen LogP contribution >= 0.6 is 0 Å². The fourth-order valence-electron chi connectivity index (χ4n) is 2.78. The second kappa shape index (κ2) is 10.5. The largest absolute Gasteiger partial charge is 0.389 e. The van der Waals surface area contributed by atoms with Crippen LogP contribution in [0.1, 0.15) is 11.1 Å². The van der Waals surface area contributed by atoms with E-state index in [1.165, 1.54) is 17.3 Å².